The van der Waals surface area contributed by atoms with Crippen molar-refractivity contribution in [2.75, 3.05) is 18.4 Å². The number of aromatic nitrogens is 3. The number of nitrogens with zero attached hydrogens (tertiary/aromatic N) is 4. The van der Waals surface area contributed by atoms with Crippen molar-refractivity contribution in [3.63, 3.8) is 0 Å². The van der Waals surface area contributed by atoms with Gasteiger partial charge < -0.3 is 10.2 Å². The Kier molecular flexibility index (Phi) is 6.56. The van der Waals surface area contributed by atoms with E-state index in [0.717, 1.165) is 61.2 Å². The first-order chi connectivity index (χ1) is 16.7. The third-order valence-electron chi connectivity index (χ3n) is 6.86. The van der Waals surface area contributed by atoms with Crippen LogP contribution in [0.2, 0.25) is 0 Å². The molecule has 4 aromatic rings. The fourth-order valence-corrected chi connectivity index (χ4v) is 4.90. The number of hydrogen-bond acceptors (Lipinski definition) is 4. The number of likely N-dealkylation sites (tertiary alicyclic amines) is 1. The second-order valence-electron chi connectivity index (χ2n) is 9.23. The molecule has 0 spiro atoms. The Labute approximate surface area is 200 Å². The van der Waals surface area contributed by atoms with Gasteiger partial charge in [0.25, 0.3) is 5.91 Å². The third kappa shape index (κ3) is 4.96. The number of nitrogens with one attached hydrogen (secondary N) is 1. The first-order valence-electron chi connectivity index (χ1n) is 12.1. The molecule has 0 bridgehead atoms. The molecule has 4 heterocycles. The predicted molar refractivity (Wildman–Crippen MR) is 135 cm³/mol. The van der Waals surface area contributed by atoms with Gasteiger partial charge in [0, 0.05) is 55.7 Å². The van der Waals surface area contributed by atoms with Crippen molar-refractivity contribution < 1.29 is 4.79 Å². The Morgan fingerprint density at radius 2 is 2.03 bits per heavy atom. The molecular formula is C28H31N5O. The van der Waals surface area contributed by atoms with Crippen LogP contribution in [0.25, 0.3) is 5.52 Å². The van der Waals surface area contributed by atoms with Gasteiger partial charge in [-0.2, -0.15) is 5.10 Å². The van der Waals surface area contributed by atoms with Crippen LogP contribution in [0, 0.1) is 12.8 Å². The van der Waals surface area contributed by atoms with Gasteiger partial charge in [-0.15, -0.1) is 0 Å². The Hall–Kier alpha value is -3.67. The number of aryl methyl sites for hydroxylation is 1. The van der Waals surface area contributed by atoms with Gasteiger partial charge in [-0.1, -0.05) is 18.2 Å². The van der Waals surface area contributed by atoms with E-state index >= 15 is 0 Å². The van der Waals surface area contributed by atoms with Gasteiger partial charge >= 0.3 is 0 Å². The molecule has 0 aliphatic carbocycles. The number of rotatable bonds is 6. The fraction of sp³-hybridized carbons (Fsp3) is 0.321. The highest BCUT2D eigenvalue weighted by Gasteiger charge is 2.23. The van der Waals surface area contributed by atoms with Crippen LogP contribution in [-0.2, 0) is 13.0 Å². The molecule has 34 heavy (non-hydrogen) atoms. The van der Waals surface area contributed by atoms with Crippen LogP contribution in [0.5, 0.6) is 0 Å². The molecule has 1 N–H and O–H groups in total. The summed E-state index contributed by atoms with van der Waals surface area (Å²) >= 11 is 0. The Balaban J connectivity index is 1.23. The van der Waals surface area contributed by atoms with Crippen LogP contribution in [0.1, 0.15) is 46.3 Å². The van der Waals surface area contributed by atoms with Crippen molar-refractivity contribution in [2.24, 2.45) is 5.92 Å². The lowest BCUT2D eigenvalue weighted by molar-refractivity contribution is 0.0760. The van der Waals surface area contributed by atoms with E-state index in [1.54, 1.807) is 6.20 Å². The van der Waals surface area contributed by atoms with Gasteiger partial charge in [0.05, 0.1) is 5.52 Å². The fourth-order valence-electron chi connectivity index (χ4n) is 4.90. The monoisotopic (exact) mass is 453 g/mol. The summed E-state index contributed by atoms with van der Waals surface area (Å²) in [6.07, 6.45) is 11.7. The second kappa shape index (κ2) is 10.1. The first-order valence-corrected chi connectivity index (χ1v) is 12.1. The Morgan fingerprint density at radius 3 is 2.91 bits per heavy atom. The number of fused-ring (bicyclic) bond motifs is 1. The highest BCUT2D eigenvalue weighted by Crippen LogP contribution is 2.26. The van der Waals surface area contributed by atoms with Crippen LogP contribution in [0.15, 0.2) is 73.3 Å². The van der Waals surface area contributed by atoms with Crippen molar-refractivity contribution in [3.05, 3.63) is 95.6 Å². The van der Waals surface area contributed by atoms with Crippen molar-refractivity contribution in [2.45, 2.75) is 39.2 Å². The average molecular weight is 454 g/mol. The summed E-state index contributed by atoms with van der Waals surface area (Å²) in [7, 11) is 0. The highest BCUT2D eigenvalue weighted by atomic mass is 16.2. The number of carbonyl (C=O) groups excluding carboxylic acids is 1. The Bertz CT molecular complexity index is 1270. The van der Waals surface area contributed by atoms with Gasteiger partial charge in [-0.3, -0.25) is 9.78 Å². The van der Waals surface area contributed by atoms with Crippen molar-refractivity contribution in [1.29, 1.82) is 0 Å². The van der Waals surface area contributed by atoms with Crippen molar-refractivity contribution in [3.8, 4) is 0 Å². The molecule has 0 unspecified atom stereocenters. The lowest BCUT2D eigenvalue weighted by Gasteiger charge is -2.22. The molecule has 3 aromatic heterocycles. The van der Waals surface area contributed by atoms with Crippen LogP contribution in [-0.4, -0.2) is 38.5 Å². The zero-order valence-electron chi connectivity index (χ0n) is 19.7. The van der Waals surface area contributed by atoms with Gasteiger partial charge in [0.1, 0.15) is 0 Å². The Morgan fingerprint density at radius 1 is 1.09 bits per heavy atom. The summed E-state index contributed by atoms with van der Waals surface area (Å²) in [5.74, 6) is 0.705. The molecule has 1 aromatic carbocycles. The molecule has 6 heteroatoms. The predicted octanol–water partition coefficient (Wildman–Crippen LogP) is 5.13. The van der Waals surface area contributed by atoms with E-state index in [0.29, 0.717) is 12.5 Å². The number of anilines is 1. The van der Waals surface area contributed by atoms with E-state index in [1.165, 1.54) is 11.1 Å². The van der Waals surface area contributed by atoms with Crippen LogP contribution in [0.3, 0.4) is 0 Å². The van der Waals surface area contributed by atoms with Gasteiger partial charge in [0.15, 0.2) is 0 Å². The van der Waals surface area contributed by atoms with Crippen LogP contribution in [0.4, 0.5) is 5.69 Å². The maximum absolute atomic E-state index is 13.4. The number of pyridine rings is 2. The molecule has 0 saturated carbocycles. The molecule has 1 atom stereocenters. The molecule has 1 amide bonds. The molecule has 6 nitrogen and oxygen atoms in total. The summed E-state index contributed by atoms with van der Waals surface area (Å²) in [6.45, 7) is 4.37. The molecule has 174 valence electrons. The molecule has 1 fully saturated rings. The quantitative estimate of drug-likeness (QED) is 0.439. The molecule has 0 radical (unpaired) electrons. The van der Waals surface area contributed by atoms with E-state index in [4.69, 9.17) is 0 Å². The molecule has 1 aliphatic rings. The zero-order valence-corrected chi connectivity index (χ0v) is 19.7. The van der Waals surface area contributed by atoms with Gasteiger partial charge in [-0.25, -0.2) is 4.52 Å². The number of amides is 1. The summed E-state index contributed by atoms with van der Waals surface area (Å²) < 4.78 is 1.94. The second-order valence-corrected chi connectivity index (χ2v) is 9.23. The molecule has 5 rings (SSSR count). The summed E-state index contributed by atoms with van der Waals surface area (Å²) in [5.41, 5.74) is 6.52. The summed E-state index contributed by atoms with van der Waals surface area (Å²) in [4.78, 5) is 19.6. The SMILES string of the molecule is Cc1ccc(C(=O)N2CCC[C@H](Cc3cccn4nccc34)CC2)cc1NCc1cccnc1. The van der Waals surface area contributed by atoms with Crippen LogP contribution < -0.4 is 5.32 Å². The number of carbonyl (C=O) groups is 1. The van der Waals surface area contributed by atoms with Crippen molar-refractivity contribution >= 4 is 17.1 Å². The summed E-state index contributed by atoms with van der Waals surface area (Å²) in [6, 6.07) is 16.3. The van der Waals surface area contributed by atoms with Crippen molar-refractivity contribution in [1.82, 2.24) is 19.5 Å². The van der Waals surface area contributed by atoms with Gasteiger partial charge in [-0.05, 0) is 85.5 Å². The van der Waals surface area contributed by atoms with Crippen LogP contribution >= 0.6 is 0 Å². The lowest BCUT2D eigenvalue weighted by atomic mass is 9.92. The zero-order chi connectivity index (χ0) is 23.3. The topological polar surface area (TPSA) is 62.5 Å². The highest BCUT2D eigenvalue weighted by molar-refractivity contribution is 5.95. The minimum Gasteiger partial charge on any atom is -0.381 e. The normalized spacial score (nSPS) is 16.4. The summed E-state index contributed by atoms with van der Waals surface area (Å²) in [5, 5.41) is 7.83. The van der Waals surface area contributed by atoms with E-state index in [2.05, 4.69) is 40.5 Å². The minimum absolute atomic E-state index is 0.128. The van der Waals surface area contributed by atoms with Gasteiger partial charge in [0.2, 0.25) is 0 Å². The van der Waals surface area contributed by atoms with E-state index < -0.39 is 0 Å². The average Bonchev–Trinajstić information content (AvgIpc) is 3.24. The third-order valence-corrected chi connectivity index (χ3v) is 6.86. The maximum atomic E-state index is 13.4. The lowest BCUT2D eigenvalue weighted by Crippen LogP contribution is -2.32. The number of benzene rings is 1. The standard InChI is InChI=1S/C28H31N5O/c1-21-8-9-25(18-26(21)30-20-23-5-2-12-29-19-23)28(34)32-14-3-6-22(11-16-32)17-24-7-4-15-33-27(24)10-13-31-33/h2,4-5,7-10,12-13,15,18-19,22,30H,3,6,11,14,16-17,20H2,1H3/t22-/m0/s1. The molecule has 1 saturated heterocycles. The van der Waals surface area contributed by atoms with E-state index in [9.17, 15) is 4.79 Å². The first kappa shape index (κ1) is 22.1. The van der Waals surface area contributed by atoms with E-state index in [-0.39, 0.29) is 5.91 Å². The minimum atomic E-state index is 0.128. The maximum Gasteiger partial charge on any atom is 0.253 e. The smallest absolute Gasteiger partial charge is 0.253 e. The number of hydrogen-bond donors (Lipinski definition) is 1. The van der Waals surface area contributed by atoms with E-state index in [1.807, 2.05) is 58.3 Å². The largest absolute Gasteiger partial charge is 0.381 e. The molecular weight excluding hydrogens is 422 g/mol. The molecule has 1 aliphatic heterocycles.